The smallest absolute Gasteiger partial charge is 0.334 e. The summed E-state index contributed by atoms with van der Waals surface area (Å²) in [5.74, 6) is 0. The summed E-state index contributed by atoms with van der Waals surface area (Å²) in [5.41, 5.74) is 3.88. The van der Waals surface area contributed by atoms with Crippen LogP contribution in [-0.2, 0) is 6.18 Å². The third-order valence-electron chi connectivity index (χ3n) is 5.70. The average Bonchev–Trinajstić information content (AvgIpc) is 2.83. The van der Waals surface area contributed by atoms with Gasteiger partial charge in [0.05, 0.1) is 29.6 Å². The van der Waals surface area contributed by atoms with Crippen molar-refractivity contribution in [3.63, 3.8) is 0 Å². The van der Waals surface area contributed by atoms with Crippen molar-refractivity contribution < 1.29 is 13.2 Å². The van der Waals surface area contributed by atoms with Gasteiger partial charge in [-0.05, 0) is 55.8 Å². The van der Waals surface area contributed by atoms with Crippen molar-refractivity contribution in [1.29, 1.82) is 5.26 Å². The van der Waals surface area contributed by atoms with E-state index in [9.17, 15) is 13.2 Å². The number of pyridine rings is 1. The van der Waals surface area contributed by atoms with Crippen molar-refractivity contribution >= 4 is 11.3 Å². The molecule has 1 aliphatic rings. The van der Waals surface area contributed by atoms with Gasteiger partial charge in [-0.15, -0.1) is 0 Å². The highest BCUT2D eigenvalue weighted by atomic mass is 19.4. The number of hydrogen-bond donors (Lipinski definition) is 0. The number of alkyl halides is 3. The molecule has 33 heavy (non-hydrogen) atoms. The zero-order chi connectivity index (χ0) is 23.6. The molecule has 4 nitrogen and oxygen atoms in total. The minimum absolute atomic E-state index is 0.192. The number of nitrogens with zero attached hydrogens (tertiary/aromatic N) is 4. The van der Waals surface area contributed by atoms with Crippen LogP contribution in [0.15, 0.2) is 73.1 Å². The zero-order valence-electron chi connectivity index (χ0n) is 18.3. The fourth-order valence-electron chi connectivity index (χ4n) is 3.85. The second kappa shape index (κ2) is 9.08. The molecule has 2 aromatic carbocycles. The average molecular weight is 448 g/mol. The molecule has 0 N–H and O–H groups in total. The number of halogens is 3. The van der Waals surface area contributed by atoms with E-state index in [1.807, 2.05) is 35.4 Å². The van der Waals surface area contributed by atoms with E-state index in [0.717, 1.165) is 28.5 Å². The van der Waals surface area contributed by atoms with E-state index in [1.54, 1.807) is 24.4 Å². The maximum atomic E-state index is 13.3. The monoisotopic (exact) mass is 448 g/mol. The molecule has 0 radical (unpaired) electrons. The number of benzene rings is 2. The molecule has 0 atom stereocenters. The van der Waals surface area contributed by atoms with Gasteiger partial charge in [0.25, 0.3) is 0 Å². The summed E-state index contributed by atoms with van der Waals surface area (Å²) >= 11 is 0. The molecule has 4 rings (SSSR count). The van der Waals surface area contributed by atoms with Crippen molar-refractivity contribution in [3.05, 3.63) is 89.8 Å². The maximum Gasteiger partial charge on any atom is 0.416 e. The number of aromatic nitrogens is 1. The summed E-state index contributed by atoms with van der Waals surface area (Å²) in [6.07, 6.45) is -0.772. The van der Waals surface area contributed by atoms with Crippen LogP contribution in [0.1, 0.15) is 30.5 Å². The molecule has 1 aromatic heterocycles. The van der Waals surface area contributed by atoms with Gasteiger partial charge in [-0.25, -0.2) is 0 Å². The topological polar surface area (TPSA) is 43.2 Å². The minimum atomic E-state index is -4.40. The zero-order valence-corrected chi connectivity index (χ0v) is 18.3. The molecule has 0 aliphatic carbocycles. The quantitative estimate of drug-likeness (QED) is 0.479. The van der Waals surface area contributed by atoms with E-state index in [-0.39, 0.29) is 6.04 Å². The van der Waals surface area contributed by atoms with Gasteiger partial charge in [-0.1, -0.05) is 24.3 Å². The van der Waals surface area contributed by atoms with Gasteiger partial charge in [0.1, 0.15) is 0 Å². The second-order valence-electron chi connectivity index (χ2n) is 8.24. The van der Waals surface area contributed by atoms with Gasteiger partial charge >= 0.3 is 6.18 Å². The van der Waals surface area contributed by atoms with Crippen molar-refractivity contribution in [2.24, 2.45) is 0 Å². The van der Waals surface area contributed by atoms with Gasteiger partial charge in [-0.2, -0.15) is 18.4 Å². The van der Waals surface area contributed by atoms with Crippen molar-refractivity contribution in [1.82, 2.24) is 9.88 Å². The van der Waals surface area contributed by atoms with Crippen molar-refractivity contribution in [2.45, 2.75) is 26.1 Å². The molecule has 2 heterocycles. The molecular weight excluding hydrogens is 425 g/mol. The molecule has 0 saturated carbocycles. The first-order valence-corrected chi connectivity index (χ1v) is 10.6. The molecule has 168 valence electrons. The van der Waals surface area contributed by atoms with Gasteiger partial charge in [0.2, 0.25) is 0 Å². The first kappa shape index (κ1) is 22.6. The normalized spacial score (nSPS) is 14.8. The van der Waals surface area contributed by atoms with Gasteiger partial charge in [0, 0.05) is 41.8 Å². The van der Waals surface area contributed by atoms with Crippen LogP contribution < -0.4 is 4.90 Å². The Morgan fingerprint density at radius 3 is 2.45 bits per heavy atom. The highest BCUT2D eigenvalue weighted by molar-refractivity contribution is 5.81. The lowest BCUT2D eigenvalue weighted by Crippen LogP contribution is -2.44. The largest absolute Gasteiger partial charge is 0.416 e. The SMILES string of the molecule is CC(C)N1CC(c2cccnc2-c2ccc(C#N)cc2)=CN(c2cccc(C(F)(F)F)c2)C1. The molecule has 7 heteroatoms. The van der Waals surface area contributed by atoms with E-state index < -0.39 is 11.7 Å². The third kappa shape index (κ3) is 4.91. The van der Waals surface area contributed by atoms with Crippen LogP contribution in [0, 0.1) is 11.3 Å². The first-order chi connectivity index (χ1) is 15.8. The van der Waals surface area contributed by atoms with Gasteiger partial charge in [-0.3, -0.25) is 9.88 Å². The van der Waals surface area contributed by atoms with Crippen LogP contribution in [0.25, 0.3) is 16.8 Å². The van der Waals surface area contributed by atoms with Crippen molar-refractivity contribution in [3.8, 4) is 17.3 Å². The lowest BCUT2D eigenvalue weighted by Gasteiger charge is -2.38. The molecule has 3 aromatic rings. The Balaban J connectivity index is 1.78. The van der Waals surface area contributed by atoms with E-state index in [0.29, 0.717) is 24.5 Å². The van der Waals surface area contributed by atoms with Crippen LogP contribution in [-0.4, -0.2) is 29.1 Å². The Kier molecular flexibility index (Phi) is 6.21. The van der Waals surface area contributed by atoms with Crippen LogP contribution in [0.4, 0.5) is 18.9 Å². The fraction of sp³-hybridized carbons (Fsp3) is 0.231. The highest BCUT2D eigenvalue weighted by Gasteiger charge is 2.31. The minimum Gasteiger partial charge on any atom is -0.334 e. The summed E-state index contributed by atoms with van der Waals surface area (Å²) in [6, 6.07) is 18.7. The molecule has 0 spiro atoms. The van der Waals surface area contributed by atoms with E-state index in [2.05, 4.69) is 29.8 Å². The molecule has 0 unspecified atom stereocenters. The second-order valence-corrected chi connectivity index (χ2v) is 8.24. The standard InChI is InChI=1S/C26H23F3N4/c1-18(2)32-15-21(16-33(17-32)23-6-3-5-22(13-23)26(27,28)29)24-7-4-12-31-25(24)20-10-8-19(14-30)9-11-20/h3-13,16,18H,15,17H2,1-2H3. The number of hydrogen-bond acceptors (Lipinski definition) is 4. The van der Waals surface area contributed by atoms with Crippen LogP contribution >= 0.6 is 0 Å². The highest BCUT2D eigenvalue weighted by Crippen LogP contribution is 2.35. The molecule has 1 aliphatic heterocycles. The number of anilines is 1. The van der Waals surface area contributed by atoms with Crippen LogP contribution in [0.5, 0.6) is 0 Å². The van der Waals surface area contributed by atoms with E-state index >= 15 is 0 Å². The molecule has 0 amide bonds. The molecule has 0 bridgehead atoms. The molecular formula is C26H23F3N4. The number of nitriles is 1. The van der Waals surface area contributed by atoms with Crippen LogP contribution in [0.2, 0.25) is 0 Å². The third-order valence-corrected chi connectivity index (χ3v) is 5.70. The van der Waals surface area contributed by atoms with Gasteiger partial charge in [0.15, 0.2) is 0 Å². The lowest BCUT2D eigenvalue weighted by atomic mass is 9.97. The maximum absolute atomic E-state index is 13.3. The summed E-state index contributed by atoms with van der Waals surface area (Å²) in [4.78, 5) is 8.63. The van der Waals surface area contributed by atoms with Gasteiger partial charge < -0.3 is 4.90 Å². The predicted molar refractivity (Wildman–Crippen MR) is 123 cm³/mol. The van der Waals surface area contributed by atoms with E-state index in [1.165, 1.54) is 12.1 Å². The Labute approximate surface area is 191 Å². The fourth-order valence-corrected chi connectivity index (χ4v) is 3.85. The molecule has 0 fully saturated rings. The van der Waals surface area contributed by atoms with Crippen LogP contribution in [0.3, 0.4) is 0 Å². The summed E-state index contributed by atoms with van der Waals surface area (Å²) in [6.45, 7) is 5.26. The Hall–Kier alpha value is -3.63. The van der Waals surface area contributed by atoms with Crippen molar-refractivity contribution in [2.75, 3.05) is 18.1 Å². The number of rotatable bonds is 4. The van der Waals surface area contributed by atoms with E-state index in [4.69, 9.17) is 5.26 Å². The Bertz CT molecular complexity index is 1210. The summed E-state index contributed by atoms with van der Waals surface area (Å²) in [5, 5.41) is 9.09. The molecule has 0 saturated heterocycles. The Morgan fingerprint density at radius 1 is 1.03 bits per heavy atom. The first-order valence-electron chi connectivity index (χ1n) is 10.6. The Morgan fingerprint density at radius 2 is 1.79 bits per heavy atom. The predicted octanol–water partition coefficient (Wildman–Crippen LogP) is 6.17. The summed E-state index contributed by atoms with van der Waals surface area (Å²) in [7, 11) is 0. The lowest BCUT2D eigenvalue weighted by molar-refractivity contribution is -0.137. The summed E-state index contributed by atoms with van der Waals surface area (Å²) < 4.78 is 39.9.